The third kappa shape index (κ3) is 2.76. The maximum absolute atomic E-state index is 13.5. The van der Waals surface area contributed by atoms with Gasteiger partial charge in [0.05, 0.1) is 5.41 Å². The van der Waals surface area contributed by atoms with Crippen LogP contribution in [-0.4, -0.2) is 29.9 Å². The Kier molecular flexibility index (Phi) is 4.94. The number of amides is 1. The number of aryl methyl sites for hydroxylation is 1. The second-order valence-electron chi connectivity index (χ2n) is 8.03. The van der Waals surface area contributed by atoms with Crippen LogP contribution in [0.15, 0.2) is 24.3 Å². The highest BCUT2D eigenvalue weighted by Crippen LogP contribution is 2.45. The molecule has 2 aliphatic carbocycles. The van der Waals surface area contributed by atoms with Gasteiger partial charge in [0.1, 0.15) is 0 Å². The van der Waals surface area contributed by atoms with Crippen LogP contribution in [0.4, 0.5) is 0 Å². The van der Waals surface area contributed by atoms with E-state index in [4.69, 9.17) is 5.73 Å². The van der Waals surface area contributed by atoms with Crippen molar-refractivity contribution < 1.29 is 4.79 Å². The Labute approximate surface area is 151 Å². The minimum absolute atomic E-state index is 0. The topological polar surface area (TPSA) is 46.3 Å². The monoisotopic (exact) mass is 348 g/mol. The minimum Gasteiger partial charge on any atom is -0.341 e. The summed E-state index contributed by atoms with van der Waals surface area (Å²) in [5.41, 5.74) is 8.48. The number of nitrogens with two attached hydrogens (primary N) is 1. The van der Waals surface area contributed by atoms with E-state index >= 15 is 0 Å². The van der Waals surface area contributed by atoms with Crippen LogP contribution >= 0.6 is 12.4 Å². The predicted octanol–water partition coefficient (Wildman–Crippen LogP) is 3.42. The van der Waals surface area contributed by atoms with E-state index in [9.17, 15) is 4.79 Å². The van der Waals surface area contributed by atoms with Gasteiger partial charge in [-0.1, -0.05) is 42.7 Å². The van der Waals surface area contributed by atoms with E-state index in [1.807, 2.05) is 0 Å². The van der Waals surface area contributed by atoms with Crippen molar-refractivity contribution >= 4 is 18.3 Å². The van der Waals surface area contributed by atoms with Crippen molar-refractivity contribution in [3.8, 4) is 0 Å². The number of rotatable bonds is 2. The molecule has 1 aromatic rings. The first-order valence-corrected chi connectivity index (χ1v) is 9.22. The van der Waals surface area contributed by atoms with Crippen molar-refractivity contribution in [3.63, 3.8) is 0 Å². The lowest BCUT2D eigenvalue weighted by Crippen LogP contribution is -2.45. The highest BCUT2D eigenvalue weighted by Gasteiger charge is 2.49. The number of hydrogen-bond donors (Lipinski definition) is 1. The fraction of sp³-hybridized carbons (Fsp3) is 0.650. The van der Waals surface area contributed by atoms with Crippen molar-refractivity contribution in [1.82, 2.24) is 4.90 Å². The lowest BCUT2D eigenvalue weighted by molar-refractivity contribution is -0.136. The van der Waals surface area contributed by atoms with Crippen molar-refractivity contribution in [2.75, 3.05) is 13.1 Å². The molecule has 0 radical (unpaired) electrons. The average molecular weight is 349 g/mol. The SMILES string of the molecule is Cc1cccc(C2(C(=O)N3CC4CCC(N)C4C3)CCCC2)c1.Cl. The van der Waals surface area contributed by atoms with Crippen LogP contribution < -0.4 is 5.73 Å². The zero-order chi connectivity index (χ0) is 16.0. The normalized spacial score (nSPS) is 30.9. The van der Waals surface area contributed by atoms with Gasteiger partial charge in [0.25, 0.3) is 0 Å². The molecule has 2 saturated carbocycles. The summed E-state index contributed by atoms with van der Waals surface area (Å²) in [5.74, 6) is 1.56. The van der Waals surface area contributed by atoms with Gasteiger partial charge in [-0.25, -0.2) is 0 Å². The van der Waals surface area contributed by atoms with Gasteiger partial charge in [-0.05, 0) is 50.0 Å². The molecule has 3 atom stereocenters. The highest BCUT2D eigenvalue weighted by atomic mass is 35.5. The quantitative estimate of drug-likeness (QED) is 0.890. The summed E-state index contributed by atoms with van der Waals surface area (Å²) in [4.78, 5) is 15.7. The van der Waals surface area contributed by atoms with E-state index in [-0.39, 0.29) is 17.8 Å². The van der Waals surface area contributed by atoms with Crippen molar-refractivity contribution in [1.29, 1.82) is 0 Å². The highest BCUT2D eigenvalue weighted by molar-refractivity contribution is 5.89. The van der Waals surface area contributed by atoms with Crippen LogP contribution in [0, 0.1) is 18.8 Å². The second kappa shape index (κ2) is 6.68. The van der Waals surface area contributed by atoms with Gasteiger partial charge in [0.15, 0.2) is 0 Å². The van der Waals surface area contributed by atoms with Gasteiger partial charge in [-0.3, -0.25) is 4.79 Å². The van der Waals surface area contributed by atoms with Gasteiger partial charge >= 0.3 is 0 Å². The number of nitrogens with zero attached hydrogens (tertiary/aromatic N) is 1. The maximum Gasteiger partial charge on any atom is 0.233 e. The molecule has 1 heterocycles. The predicted molar refractivity (Wildman–Crippen MR) is 99.3 cm³/mol. The molecular weight excluding hydrogens is 320 g/mol. The Hall–Kier alpha value is -1.06. The standard InChI is InChI=1S/C20H28N2O.ClH/c1-14-5-4-6-16(11-14)20(9-2-3-10-20)19(23)22-12-15-7-8-18(21)17(15)13-22;/h4-6,11,15,17-18H,2-3,7-10,12-13,21H2,1H3;1H. The van der Waals surface area contributed by atoms with E-state index in [2.05, 4.69) is 36.1 Å². The number of likely N-dealkylation sites (tertiary alicyclic amines) is 1. The summed E-state index contributed by atoms with van der Waals surface area (Å²) in [6, 6.07) is 8.92. The summed E-state index contributed by atoms with van der Waals surface area (Å²) >= 11 is 0. The molecule has 1 aromatic carbocycles. The zero-order valence-corrected chi connectivity index (χ0v) is 15.4. The van der Waals surface area contributed by atoms with Crippen molar-refractivity contribution in [2.24, 2.45) is 17.6 Å². The van der Waals surface area contributed by atoms with Crippen LogP contribution in [0.1, 0.15) is 49.7 Å². The number of carbonyl (C=O) groups excluding carboxylic acids is 1. The lowest BCUT2D eigenvalue weighted by Gasteiger charge is -2.33. The van der Waals surface area contributed by atoms with Gasteiger partial charge in [0.2, 0.25) is 5.91 Å². The van der Waals surface area contributed by atoms with Gasteiger partial charge in [0, 0.05) is 19.1 Å². The van der Waals surface area contributed by atoms with Crippen LogP contribution in [-0.2, 0) is 10.2 Å². The Balaban J connectivity index is 0.00000169. The third-order valence-electron chi connectivity index (χ3n) is 6.64. The summed E-state index contributed by atoms with van der Waals surface area (Å²) in [7, 11) is 0. The van der Waals surface area contributed by atoms with Crippen LogP contribution in [0.3, 0.4) is 0 Å². The number of carbonyl (C=O) groups is 1. The molecule has 4 rings (SSSR count). The summed E-state index contributed by atoms with van der Waals surface area (Å²) < 4.78 is 0. The zero-order valence-electron chi connectivity index (χ0n) is 14.5. The second-order valence-corrected chi connectivity index (χ2v) is 8.03. The molecule has 132 valence electrons. The molecule has 3 nitrogen and oxygen atoms in total. The fourth-order valence-electron chi connectivity index (χ4n) is 5.32. The van der Waals surface area contributed by atoms with Crippen LogP contribution in [0.2, 0.25) is 0 Å². The number of benzene rings is 1. The summed E-state index contributed by atoms with van der Waals surface area (Å²) in [5, 5.41) is 0. The lowest BCUT2D eigenvalue weighted by atomic mass is 9.77. The van der Waals surface area contributed by atoms with Crippen molar-refractivity contribution in [2.45, 2.75) is 56.9 Å². The minimum atomic E-state index is -0.269. The molecule has 0 bridgehead atoms. The van der Waals surface area contributed by atoms with Crippen LogP contribution in [0.25, 0.3) is 0 Å². The van der Waals surface area contributed by atoms with E-state index < -0.39 is 0 Å². The fourth-order valence-corrected chi connectivity index (χ4v) is 5.32. The third-order valence-corrected chi connectivity index (χ3v) is 6.64. The first kappa shape index (κ1) is 17.8. The summed E-state index contributed by atoms with van der Waals surface area (Å²) in [6.07, 6.45) is 6.69. The number of hydrogen-bond acceptors (Lipinski definition) is 2. The largest absolute Gasteiger partial charge is 0.341 e. The van der Waals surface area contributed by atoms with E-state index in [0.717, 1.165) is 32.4 Å². The first-order chi connectivity index (χ1) is 11.1. The molecule has 4 heteroatoms. The average Bonchev–Trinajstić information content (AvgIpc) is 3.25. The molecule has 3 unspecified atom stereocenters. The Bertz CT molecular complexity index is 611. The molecule has 1 amide bonds. The molecule has 0 aromatic heterocycles. The molecule has 0 spiro atoms. The van der Waals surface area contributed by atoms with Gasteiger partial charge in [-0.2, -0.15) is 0 Å². The molecule has 24 heavy (non-hydrogen) atoms. The van der Waals surface area contributed by atoms with Crippen molar-refractivity contribution in [3.05, 3.63) is 35.4 Å². The smallest absolute Gasteiger partial charge is 0.233 e. The van der Waals surface area contributed by atoms with E-state index in [0.29, 0.717) is 23.8 Å². The summed E-state index contributed by atoms with van der Waals surface area (Å²) in [6.45, 7) is 3.94. The number of fused-ring (bicyclic) bond motifs is 1. The molecule has 2 N–H and O–H groups in total. The van der Waals surface area contributed by atoms with E-state index in [1.165, 1.54) is 30.4 Å². The first-order valence-electron chi connectivity index (χ1n) is 9.22. The molecule has 3 fully saturated rings. The Morgan fingerprint density at radius 1 is 1.21 bits per heavy atom. The molecule has 1 aliphatic heterocycles. The molecule has 3 aliphatic rings. The Morgan fingerprint density at radius 3 is 2.62 bits per heavy atom. The maximum atomic E-state index is 13.5. The Morgan fingerprint density at radius 2 is 1.96 bits per heavy atom. The molecule has 1 saturated heterocycles. The van der Waals surface area contributed by atoms with Crippen LogP contribution in [0.5, 0.6) is 0 Å². The van der Waals surface area contributed by atoms with Gasteiger partial charge in [-0.15, -0.1) is 12.4 Å². The van der Waals surface area contributed by atoms with E-state index in [1.54, 1.807) is 0 Å². The van der Waals surface area contributed by atoms with Gasteiger partial charge < -0.3 is 10.6 Å². The number of halogens is 1. The molecular formula is C20H29ClN2O.